The molecule has 0 saturated heterocycles. The van der Waals surface area contributed by atoms with E-state index in [0.717, 1.165) is 38.5 Å². The normalized spacial score (nSPS) is 13.4. The quantitative estimate of drug-likeness (QED) is 0.0865. The third-order valence-electron chi connectivity index (χ3n) is 6.78. The number of aliphatic hydroxyl groups excluding tert-OH is 2. The Morgan fingerprint density at radius 1 is 0.676 bits per heavy atom. The van der Waals surface area contributed by atoms with Crippen LogP contribution < -0.4 is 5.32 Å². The Balaban J connectivity index is 3.65. The highest BCUT2D eigenvalue weighted by Gasteiger charge is 2.19. The van der Waals surface area contributed by atoms with Gasteiger partial charge in [0.05, 0.1) is 18.8 Å². The first-order chi connectivity index (χ1) is 16.7. The minimum absolute atomic E-state index is 0.0520. The third kappa shape index (κ3) is 22.9. The number of rotatable bonds is 26. The van der Waals surface area contributed by atoms with Crippen LogP contribution in [0.4, 0.5) is 0 Å². The SMILES string of the molecule is CCCCCCCC/C=C\CCCCCC(=O)NC(CO)C(O)CCCCCCCCCCC. The van der Waals surface area contributed by atoms with Crippen LogP contribution in [0.25, 0.3) is 0 Å². The van der Waals surface area contributed by atoms with Gasteiger partial charge in [0.1, 0.15) is 0 Å². The van der Waals surface area contributed by atoms with Gasteiger partial charge in [-0.1, -0.05) is 122 Å². The summed E-state index contributed by atoms with van der Waals surface area (Å²) in [6, 6.07) is -0.536. The molecule has 0 bridgehead atoms. The van der Waals surface area contributed by atoms with Crippen molar-refractivity contribution in [3.05, 3.63) is 12.2 Å². The predicted octanol–water partition coefficient (Wildman–Crippen LogP) is 8.00. The Kier molecular flexibility index (Phi) is 26.0. The fraction of sp³-hybridized carbons (Fsp3) is 0.900. The molecule has 0 aliphatic heterocycles. The number of hydrogen-bond acceptors (Lipinski definition) is 3. The van der Waals surface area contributed by atoms with Gasteiger partial charge in [-0.3, -0.25) is 4.79 Å². The van der Waals surface area contributed by atoms with Crippen molar-refractivity contribution >= 4 is 5.91 Å². The lowest BCUT2D eigenvalue weighted by Gasteiger charge is -2.22. The highest BCUT2D eigenvalue weighted by atomic mass is 16.3. The molecule has 4 nitrogen and oxygen atoms in total. The maximum Gasteiger partial charge on any atom is 0.220 e. The molecule has 0 rings (SSSR count). The number of unbranched alkanes of at least 4 members (excludes halogenated alkanes) is 17. The van der Waals surface area contributed by atoms with Gasteiger partial charge in [0.2, 0.25) is 5.91 Å². The van der Waals surface area contributed by atoms with E-state index in [1.54, 1.807) is 0 Å². The summed E-state index contributed by atoms with van der Waals surface area (Å²) in [5, 5.41) is 22.8. The number of amides is 1. The van der Waals surface area contributed by atoms with Crippen molar-refractivity contribution in [1.82, 2.24) is 5.32 Å². The van der Waals surface area contributed by atoms with E-state index < -0.39 is 12.1 Å². The minimum Gasteiger partial charge on any atom is -0.394 e. The summed E-state index contributed by atoms with van der Waals surface area (Å²) in [6.07, 6.45) is 29.6. The van der Waals surface area contributed by atoms with Crippen molar-refractivity contribution in [3.8, 4) is 0 Å². The van der Waals surface area contributed by atoms with Crippen LogP contribution >= 0.6 is 0 Å². The van der Waals surface area contributed by atoms with Crippen LogP contribution in [-0.2, 0) is 4.79 Å². The van der Waals surface area contributed by atoms with Gasteiger partial charge in [-0.2, -0.15) is 0 Å². The van der Waals surface area contributed by atoms with Gasteiger partial charge in [-0.15, -0.1) is 0 Å². The van der Waals surface area contributed by atoms with E-state index in [2.05, 4.69) is 31.3 Å². The molecule has 3 N–H and O–H groups in total. The second kappa shape index (κ2) is 26.7. The van der Waals surface area contributed by atoms with Gasteiger partial charge in [-0.05, 0) is 38.5 Å². The van der Waals surface area contributed by atoms with Crippen LogP contribution in [0.5, 0.6) is 0 Å². The summed E-state index contributed by atoms with van der Waals surface area (Å²) in [6.45, 7) is 4.30. The molecule has 202 valence electrons. The van der Waals surface area contributed by atoms with E-state index in [1.165, 1.54) is 89.9 Å². The van der Waals surface area contributed by atoms with Crippen LogP contribution in [0.3, 0.4) is 0 Å². The summed E-state index contributed by atoms with van der Waals surface area (Å²) in [4.78, 5) is 12.2. The predicted molar refractivity (Wildman–Crippen MR) is 147 cm³/mol. The molecule has 0 aliphatic carbocycles. The van der Waals surface area contributed by atoms with Crippen molar-refractivity contribution in [1.29, 1.82) is 0 Å². The molecule has 0 saturated carbocycles. The van der Waals surface area contributed by atoms with Gasteiger partial charge in [-0.25, -0.2) is 0 Å². The lowest BCUT2D eigenvalue weighted by atomic mass is 10.0. The van der Waals surface area contributed by atoms with E-state index in [9.17, 15) is 15.0 Å². The molecule has 2 atom stereocenters. The lowest BCUT2D eigenvalue weighted by Crippen LogP contribution is -2.45. The summed E-state index contributed by atoms with van der Waals surface area (Å²) >= 11 is 0. The number of carbonyl (C=O) groups excluding carboxylic acids is 1. The molecule has 0 aromatic heterocycles. The summed E-state index contributed by atoms with van der Waals surface area (Å²) < 4.78 is 0. The van der Waals surface area contributed by atoms with Gasteiger partial charge in [0, 0.05) is 6.42 Å². The van der Waals surface area contributed by atoms with Crippen molar-refractivity contribution in [3.63, 3.8) is 0 Å². The largest absolute Gasteiger partial charge is 0.394 e. The second-order valence-corrected chi connectivity index (χ2v) is 10.2. The molecule has 0 heterocycles. The lowest BCUT2D eigenvalue weighted by molar-refractivity contribution is -0.123. The van der Waals surface area contributed by atoms with Gasteiger partial charge in [0.25, 0.3) is 0 Å². The van der Waals surface area contributed by atoms with E-state index >= 15 is 0 Å². The van der Waals surface area contributed by atoms with Crippen molar-refractivity contribution in [2.24, 2.45) is 0 Å². The fourth-order valence-electron chi connectivity index (χ4n) is 4.41. The van der Waals surface area contributed by atoms with Gasteiger partial charge >= 0.3 is 0 Å². The van der Waals surface area contributed by atoms with E-state index in [4.69, 9.17) is 0 Å². The maximum absolute atomic E-state index is 12.2. The van der Waals surface area contributed by atoms with Crippen molar-refractivity contribution in [2.45, 2.75) is 167 Å². The Bertz CT molecular complexity index is 452. The second-order valence-electron chi connectivity index (χ2n) is 10.2. The van der Waals surface area contributed by atoms with Gasteiger partial charge in [0.15, 0.2) is 0 Å². The average molecular weight is 482 g/mol. The molecule has 2 unspecified atom stereocenters. The molecule has 1 amide bonds. The Labute approximate surface area is 212 Å². The Hall–Kier alpha value is -0.870. The highest BCUT2D eigenvalue weighted by Crippen LogP contribution is 2.13. The van der Waals surface area contributed by atoms with E-state index in [1.807, 2.05) is 0 Å². The van der Waals surface area contributed by atoms with Crippen LogP contribution in [-0.4, -0.2) is 34.9 Å². The number of allylic oxidation sites excluding steroid dienone is 2. The number of nitrogens with one attached hydrogen (secondary N) is 1. The van der Waals surface area contributed by atoms with E-state index in [-0.39, 0.29) is 12.5 Å². The maximum atomic E-state index is 12.2. The zero-order valence-electron chi connectivity index (χ0n) is 22.9. The molecule has 4 heteroatoms. The zero-order valence-corrected chi connectivity index (χ0v) is 22.9. The number of aliphatic hydroxyl groups is 2. The van der Waals surface area contributed by atoms with Crippen molar-refractivity contribution in [2.75, 3.05) is 6.61 Å². The Morgan fingerprint density at radius 3 is 1.62 bits per heavy atom. The summed E-state index contributed by atoms with van der Waals surface area (Å²) in [5.74, 6) is -0.0520. The van der Waals surface area contributed by atoms with E-state index in [0.29, 0.717) is 12.8 Å². The van der Waals surface area contributed by atoms with Crippen LogP contribution in [0, 0.1) is 0 Å². The first-order valence-corrected chi connectivity index (χ1v) is 14.9. The van der Waals surface area contributed by atoms with Crippen LogP contribution in [0.15, 0.2) is 12.2 Å². The summed E-state index contributed by atoms with van der Waals surface area (Å²) in [7, 11) is 0. The number of hydrogen-bond donors (Lipinski definition) is 3. The highest BCUT2D eigenvalue weighted by molar-refractivity contribution is 5.76. The van der Waals surface area contributed by atoms with Crippen LogP contribution in [0.2, 0.25) is 0 Å². The Morgan fingerprint density at radius 2 is 1.12 bits per heavy atom. The monoisotopic (exact) mass is 481 g/mol. The number of carbonyl (C=O) groups is 1. The first kappa shape index (κ1) is 33.1. The minimum atomic E-state index is -0.657. The fourth-order valence-corrected chi connectivity index (χ4v) is 4.41. The van der Waals surface area contributed by atoms with Gasteiger partial charge < -0.3 is 15.5 Å². The summed E-state index contributed by atoms with van der Waals surface area (Å²) in [5.41, 5.74) is 0. The standard InChI is InChI=1S/C30H59NO3/c1-3-5-7-9-11-13-14-15-16-18-20-22-24-26-30(34)31-28(27-32)29(33)25-23-21-19-17-12-10-8-6-4-2/h15-16,28-29,32-33H,3-14,17-27H2,1-2H3,(H,31,34)/b16-15-. The molecule has 0 aromatic carbocycles. The molecule has 34 heavy (non-hydrogen) atoms. The first-order valence-electron chi connectivity index (χ1n) is 14.9. The molecule has 0 fully saturated rings. The molecule has 0 spiro atoms. The smallest absolute Gasteiger partial charge is 0.220 e. The topological polar surface area (TPSA) is 69.6 Å². The molecular formula is C30H59NO3. The van der Waals surface area contributed by atoms with Crippen molar-refractivity contribution < 1.29 is 15.0 Å². The molecule has 0 aliphatic rings. The average Bonchev–Trinajstić information content (AvgIpc) is 2.84. The van der Waals surface area contributed by atoms with Crippen LogP contribution in [0.1, 0.15) is 155 Å². The molecular weight excluding hydrogens is 422 g/mol. The molecule has 0 aromatic rings. The third-order valence-corrected chi connectivity index (χ3v) is 6.78. The molecule has 0 radical (unpaired) electrons. The zero-order chi connectivity index (χ0) is 25.1.